The molecule has 4 aliphatic heterocycles. The number of thioether (sulfide) groups is 1. The van der Waals surface area contributed by atoms with Crippen LogP contribution in [0.3, 0.4) is 0 Å². The molecule has 236 valence electrons. The molecule has 2 atom stereocenters. The Kier molecular flexibility index (Phi) is 10.3. The van der Waals surface area contributed by atoms with Gasteiger partial charge in [0.1, 0.15) is 41.1 Å². The number of oxime groups is 1. The summed E-state index contributed by atoms with van der Waals surface area (Å²) >= 11 is 2.51. The monoisotopic (exact) mass is 665 g/mol. The number of β-lactam (4-membered cyclic amide) rings is 1. The number of fused-ring (bicyclic) bond motifs is 2. The van der Waals surface area contributed by atoms with Crippen molar-refractivity contribution in [3.05, 3.63) is 58.5 Å². The second-order valence-corrected chi connectivity index (χ2v) is 11.5. The van der Waals surface area contributed by atoms with Gasteiger partial charge in [-0.2, -0.15) is 0 Å². The van der Waals surface area contributed by atoms with Gasteiger partial charge >= 0.3 is 5.97 Å². The number of nitrogens with zero attached hydrogens (tertiary/aromatic N) is 6. The highest BCUT2D eigenvalue weighted by Gasteiger charge is 2.54. The molecule has 0 bridgehead atoms. The van der Waals surface area contributed by atoms with Crippen LogP contribution in [0.2, 0.25) is 0 Å². The predicted molar refractivity (Wildman–Crippen MR) is 169 cm³/mol. The SMILES string of the molecule is CCO/N=C(\C(=O)N[C@@H]1C(=O)N2C(C(=O)O)=C(CN3C=CN4NC(NCCN=C(C)N)=CC=C34)CS[C@@H]12)c1csc(N)n1.Cl. The Morgan fingerprint density at radius 2 is 2.11 bits per heavy atom. The highest BCUT2D eigenvalue weighted by molar-refractivity contribution is 8.00. The normalized spacial score (nSPS) is 21.0. The van der Waals surface area contributed by atoms with Crippen molar-refractivity contribution in [3.63, 3.8) is 0 Å². The first-order chi connectivity index (χ1) is 20.7. The number of carbonyl (C=O) groups excluding carboxylic acids is 2. The maximum Gasteiger partial charge on any atom is 0.352 e. The fraction of sp³-hybridized carbons (Fsp3) is 0.360. The number of amidine groups is 1. The minimum atomic E-state index is -1.22. The second kappa shape index (κ2) is 13.9. The summed E-state index contributed by atoms with van der Waals surface area (Å²) in [5.74, 6) is 0.00964. The van der Waals surface area contributed by atoms with E-state index in [1.165, 1.54) is 16.7 Å². The molecule has 0 saturated carbocycles. The molecule has 44 heavy (non-hydrogen) atoms. The number of rotatable bonds is 12. The standard InChI is InChI=1S/C25H31N11O5S2.ClH/c1-3-41-33-18(15-12-43-25(27)30-15)21(37)31-19-22(38)36-20(24(39)40)14(11-42-23(19)36)10-34-8-9-35-17(34)5-4-16(32-35)29-7-6-28-13(2)26;/h4-5,8-9,12,19,23,29,32H,3,6-7,10-11H2,1-2H3,(H2,26,28)(H2,27,30)(H,31,37)(H,39,40);1H/b33-18-;/t19-,23+;/m1./s1. The zero-order valence-electron chi connectivity index (χ0n) is 23.7. The van der Waals surface area contributed by atoms with Crippen LogP contribution < -0.4 is 27.5 Å². The van der Waals surface area contributed by atoms with Crippen LogP contribution in [0.5, 0.6) is 0 Å². The smallest absolute Gasteiger partial charge is 0.352 e. The van der Waals surface area contributed by atoms with Crippen LogP contribution in [0, 0.1) is 0 Å². The Labute approximate surface area is 267 Å². The van der Waals surface area contributed by atoms with E-state index >= 15 is 0 Å². The van der Waals surface area contributed by atoms with E-state index in [0.717, 1.165) is 23.0 Å². The summed E-state index contributed by atoms with van der Waals surface area (Å²) in [6.07, 6.45) is 7.42. The molecule has 0 radical (unpaired) electrons. The fourth-order valence-electron chi connectivity index (χ4n) is 4.64. The van der Waals surface area contributed by atoms with E-state index in [-0.39, 0.29) is 47.8 Å². The van der Waals surface area contributed by atoms with Crippen LogP contribution >= 0.6 is 35.5 Å². The Balaban J connectivity index is 0.00000442. The largest absolute Gasteiger partial charge is 0.477 e. The summed E-state index contributed by atoms with van der Waals surface area (Å²) in [7, 11) is 0. The number of carboxylic acids is 1. The second-order valence-electron chi connectivity index (χ2n) is 9.51. The Bertz CT molecular complexity index is 1500. The summed E-state index contributed by atoms with van der Waals surface area (Å²) in [5.41, 5.74) is 15.1. The van der Waals surface area contributed by atoms with E-state index in [9.17, 15) is 19.5 Å². The third-order valence-electron chi connectivity index (χ3n) is 6.53. The highest BCUT2D eigenvalue weighted by Crippen LogP contribution is 2.41. The number of carboxylic acid groups (broad SMARTS) is 1. The molecule has 1 fully saturated rings. The van der Waals surface area contributed by atoms with Gasteiger partial charge in [0, 0.05) is 36.6 Å². The van der Waals surface area contributed by atoms with E-state index < -0.39 is 29.2 Å². The number of hydrogen-bond acceptors (Lipinski definition) is 14. The van der Waals surface area contributed by atoms with Gasteiger partial charge in [0.05, 0.1) is 12.4 Å². The highest BCUT2D eigenvalue weighted by atomic mass is 35.5. The number of hydrazine groups is 1. The van der Waals surface area contributed by atoms with Gasteiger partial charge in [0.25, 0.3) is 11.8 Å². The van der Waals surface area contributed by atoms with Gasteiger partial charge in [0.15, 0.2) is 10.8 Å². The maximum atomic E-state index is 13.2. The molecule has 16 nitrogen and oxygen atoms in total. The van der Waals surface area contributed by atoms with Crippen molar-refractivity contribution in [2.24, 2.45) is 15.9 Å². The number of hydrogen-bond donors (Lipinski definition) is 6. The lowest BCUT2D eigenvalue weighted by Gasteiger charge is -2.49. The quantitative estimate of drug-likeness (QED) is 0.0565. The molecule has 1 aromatic rings. The molecule has 1 aromatic heterocycles. The van der Waals surface area contributed by atoms with Crippen molar-refractivity contribution in [3.8, 4) is 0 Å². The van der Waals surface area contributed by atoms with Gasteiger partial charge in [-0.3, -0.25) is 24.9 Å². The summed E-state index contributed by atoms with van der Waals surface area (Å²) in [5, 5.41) is 22.9. The molecule has 5 heterocycles. The molecule has 0 aliphatic carbocycles. The number of thiazole rings is 1. The lowest BCUT2D eigenvalue weighted by molar-refractivity contribution is -0.150. The van der Waals surface area contributed by atoms with Gasteiger partial charge in [-0.25, -0.2) is 14.8 Å². The van der Waals surface area contributed by atoms with Crippen LogP contribution in [-0.2, 0) is 19.2 Å². The average molecular weight is 666 g/mol. The first kappa shape index (κ1) is 32.5. The number of aliphatic imine (C=N–C) groups is 1. The Hall–Kier alpha value is -4.42. The van der Waals surface area contributed by atoms with Crippen molar-refractivity contribution < 1.29 is 24.3 Å². The van der Waals surface area contributed by atoms with Crippen LogP contribution in [-0.4, -0.2) is 97.6 Å². The number of aliphatic carboxylic acids is 1. The fourth-order valence-corrected chi connectivity index (χ4v) is 6.52. The van der Waals surface area contributed by atoms with E-state index in [2.05, 4.69) is 31.2 Å². The van der Waals surface area contributed by atoms with E-state index in [1.807, 2.05) is 29.5 Å². The molecule has 4 aliphatic rings. The lowest BCUT2D eigenvalue weighted by Crippen LogP contribution is -2.71. The number of nitrogen functional groups attached to an aromatic ring is 1. The molecule has 0 spiro atoms. The molecule has 5 rings (SSSR count). The van der Waals surface area contributed by atoms with Crippen LogP contribution in [0.15, 0.2) is 63.0 Å². The number of nitrogens with one attached hydrogen (secondary N) is 3. The molecular weight excluding hydrogens is 634 g/mol. The van der Waals surface area contributed by atoms with E-state index in [0.29, 0.717) is 30.3 Å². The number of amides is 2. The van der Waals surface area contributed by atoms with Crippen LogP contribution in [0.1, 0.15) is 19.5 Å². The third-order valence-corrected chi connectivity index (χ3v) is 8.54. The average Bonchev–Trinajstić information content (AvgIpc) is 3.59. The predicted octanol–water partition coefficient (Wildman–Crippen LogP) is -0.117. The number of allylic oxidation sites excluding steroid dienone is 2. The third kappa shape index (κ3) is 6.71. The van der Waals surface area contributed by atoms with Crippen molar-refractivity contribution in [1.82, 2.24) is 35.9 Å². The van der Waals surface area contributed by atoms with Gasteiger partial charge < -0.3 is 36.9 Å². The minimum absolute atomic E-state index is 0. The van der Waals surface area contributed by atoms with E-state index in [4.69, 9.17) is 16.3 Å². The summed E-state index contributed by atoms with van der Waals surface area (Å²) < 4.78 is 0. The number of nitrogens with two attached hydrogens (primary N) is 2. The molecule has 8 N–H and O–H groups in total. The number of anilines is 1. The van der Waals surface area contributed by atoms with Gasteiger partial charge in [-0.05, 0) is 31.6 Å². The lowest BCUT2D eigenvalue weighted by atomic mass is 10.0. The topological polar surface area (TPSA) is 216 Å². The van der Waals surface area contributed by atoms with Crippen molar-refractivity contribution in [1.29, 1.82) is 0 Å². The van der Waals surface area contributed by atoms with Gasteiger partial charge in [0.2, 0.25) is 0 Å². The van der Waals surface area contributed by atoms with Gasteiger partial charge in [-0.15, -0.1) is 35.5 Å². The zero-order chi connectivity index (χ0) is 30.7. The molecule has 19 heteroatoms. The van der Waals surface area contributed by atoms with Crippen LogP contribution in [0.4, 0.5) is 5.13 Å². The first-order valence-corrected chi connectivity index (χ1v) is 15.2. The number of halogens is 1. The molecule has 1 saturated heterocycles. The number of aromatic nitrogens is 1. The Morgan fingerprint density at radius 3 is 2.80 bits per heavy atom. The molecule has 2 amide bonds. The number of carbonyl (C=O) groups is 3. The molecular formula is C25H32ClN11O5S2. The molecule has 0 unspecified atom stereocenters. The van der Waals surface area contributed by atoms with Crippen molar-refractivity contribution in [2.75, 3.05) is 37.7 Å². The first-order valence-electron chi connectivity index (χ1n) is 13.2. The summed E-state index contributed by atoms with van der Waals surface area (Å²) in [6.45, 7) is 5.04. The zero-order valence-corrected chi connectivity index (χ0v) is 26.2. The van der Waals surface area contributed by atoms with E-state index in [1.54, 1.807) is 24.2 Å². The Morgan fingerprint density at radius 1 is 1.32 bits per heavy atom. The van der Waals surface area contributed by atoms with Crippen molar-refractivity contribution >= 4 is 70.0 Å². The molecule has 0 aromatic carbocycles. The summed E-state index contributed by atoms with van der Waals surface area (Å²) in [4.78, 5) is 55.1. The van der Waals surface area contributed by atoms with Crippen molar-refractivity contribution in [2.45, 2.75) is 25.3 Å². The minimum Gasteiger partial charge on any atom is -0.477 e. The maximum absolute atomic E-state index is 13.2. The summed E-state index contributed by atoms with van der Waals surface area (Å²) in [6, 6.07) is -0.945. The van der Waals surface area contributed by atoms with Crippen LogP contribution in [0.25, 0.3) is 0 Å². The van der Waals surface area contributed by atoms with Gasteiger partial charge in [-0.1, -0.05) is 5.16 Å².